The van der Waals surface area contributed by atoms with E-state index < -0.39 is 0 Å². The normalized spacial score (nSPS) is 12.9. The summed E-state index contributed by atoms with van der Waals surface area (Å²) in [4.78, 5) is 12.3. The standard InChI is InChI=1S/C14H16N4O2/c1-15-12-16-13(19-2)18-14(17-12)20-11-7-6-9-4-3-5-10(9)8-11/h6-8H,3-5H2,1-2H3,(H,15,16,17,18). The molecule has 0 aliphatic heterocycles. The Kier molecular flexibility index (Phi) is 3.37. The largest absolute Gasteiger partial charge is 0.467 e. The van der Waals surface area contributed by atoms with Crippen LogP contribution < -0.4 is 14.8 Å². The van der Waals surface area contributed by atoms with Gasteiger partial charge >= 0.3 is 12.0 Å². The van der Waals surface area contributed by atoms with E-state index >= 15 is 0 Å². The fourth-order valence-electron chi connectivity index (χ4n) is 2.30. The lowest BCUT2D eigenvalue weighted by molar-refractivity contribution is 0.360. The Balaban J connectivity index is 1.87. The molecule has 2 aromatic rings. The van der Waals surface area contributed by atoms with Crippen LogP contribution in [0, 0.1) is 0 Å². The number of nitrogens with zero attached hydrogens (tertiary/aromatic N) is 3. The first-order valence-electron chi connectivity index (χ1n) is 6.56. The second-order valence-electron chi connectivity index (χ2n) is 4.56. The number of aryl methyl sites for hydroxylation is 2. The molecule has 6 heteroatoms. The summed E-state index contributed by atoms with van der Waals surface area (Å²) in [6, 6.07) is 6.55. The Bertz CT molecular complexity index is 608. The maximum Gasteiger partial charge on any atom is 0.330 e. The van der Waals surface area contributed by atoms with E-state index in [1.54, 1.807) is 7.05 Å². The van der Waals surface area contributed by atoms with Crippen molar-refractivity contribution in [3.8, 4) is 17.8 Å². The Labute approximate surface area is 117 Å². The van der Waals surface area contributed by atoms with Gasteiger partial charge in [-0.15, -0.1) is 4.98 Å². The molecule has 104 valence electrons. The van der Waals surface area contributed by atoms with Gasteiger partial charge in [-0.1, -0.05) is 6.07 Å². The second kappa shape index (κ2) is 5.32. The van der Waals surface area contributed by atoms with Gasteiger partial charge in [0.05, 0.1) is 7.11 Å². The van der Waals surface area contributed by atoms with E-state index in [0.29, 0.717) is 5.95 Å². The topological polar surface area (TPSA) is 69.2 Å². The molecule has 1 aromatic carbocycles. The Morgan fingerprint density at radius 3 is 2.65 bits per heavy atom. The zero-order valence-electron chi connectivity index (χ0n) is 11.5. The number of benzene rings is 1. The average molecular weight is 272 g/mol. The first-order chi connectivity index (χ1) is 9.78. The minimum Gasteiger partial charge on any atom is -0.467 e. The van der Waals surface area contributed by atoms with Crippen LogP contribution in [0.1, 0.15) is 17.5 Å². The van der Waals surface area contributed by atoms with Gasteiger partial charge in [0.2, 0.25) is 5.95 Å². The quantitative estimate of drug-likeness (QED) is 0.920. The number of ether oxygens (including phenoxy) is 2. The number of nitrogens with one attached hydrogen (secondary N) is 1. The first-order valence-corrected chi connectivity index (χ1v) is 6.56. The highest BCUT2D eigenvalue weighted by molar-refractivity contribution is 5.39. The van der Waals surface area contributed by atoms with Gasteiger partial charge < -0.3 is 14.8 Å². The van der Waals surface area contributed by atoms with Crippen LogP contribution in [0.3, 0.4) is 0 Å². The van der Waals surface area contributed by atoms with Crippen molar-refractivity contribution in [2.45, 2.75) is 19.3 Å². The Morgan fingerprint density at radius 2 is 1.85 bits per heavy atom. The van der Waals surface area contributed by atoms with Crippen molar-refractivity contribution in [2.24, 2.45) is 0 Å². The molecule has 0 unspecified atom stereocenters. The Morgan fingerprint density at radius 1 is 1.05 bits per heavy atom. The predicted octanol–water partition coefficient (Wildman–Crippen LogP) is 2.20. The summed E-state index contributed by atoms with van der Waals surface area (Å²) in [5.74, 6) is 1.15. The number of hydrogen-bond acceptors (Lipinski definition) is 6. The minimum absolute atomic E-state index is 0.221. The van der Waals surface area contributed by atoms with Crippen LogP contribution in [0.15, 0.2) is 18.2 Å². The van der Waals surface area contributed by atoms with E-state index in [4.69, 9.17) is 9.47 Å². The molecule has 1 N–H and O–H groups in total. The number of methoxy groups -OCH3 is 1. The summed E-state index contributed by atoms with van der Waals surface area (Å²) in [6.45, 7) is 0. The molecule has 0 radical (unpaired) electrons. The molecule has 0 fully saturated rings. The van der Waals surface area contributed by atoms with Crippen molar-refractivity contribution in [3.63, 3.8) is 0 Å². The summed E-state index contributed by atoms with van der Waals surface area (Å²) in [5.41, 5.74) is 2.75. The third-order valence-electron chi connectivity index (χ3n) is 3.28. The van der Waals surface area contributed by atoms with Gasteiger partial charge in [0.15, 0.2) is 0 Å². The molecule has 1 aromatic heterocycles. The number of aromatic nitrogens is 3. The summed E-state index contributed by atoms with van der Waals surface area (Å²) in [7, 11) is 3.24. The SMILES string of the molecule is CNc1nc(OC)nc(Oc2ccc3c(c2)CCC3)n1. The lowest BCUT2D eigenvalue weighted by atomic mass is 10.1. The zero-order valence-corrected chi connectivity index (χ0v) is 11.5. The summed E-state index contributed by atoms with van der Waals surface area (Å²) in [6.07, 6.45) is 3.47. The highest BCUT2D eigenvalue weighted by Gasteiger charge is 2.13. The summed E-state index contributed by atoms with van der Waals surface area (Å²) >= 11 is 0. The molecule has 1 aliphatic rings. The molecule has 0 saturated carbocycles. The molecule has 1 aliphatic carbocycles. The maximum atomic E-state index is 5.71. The summed E-state index contributed by atoms with van der Waals surface area (Å²) in [5, 5.41) is 2.85. The zero-order chi connectivity index (χ0) is 13.9. The second-order valence-corrected chi connectivity index (χ2v) is 4.56. The molecule has 0 atom stereocenters. The van der Waals surface area contributed by atoms with Gasteiger partial charge in [-0.3, -0.25) is 0 Å². The number of anilines is 1. The number of rotatable bonds is 4. The smallest absolute Gasteiger partial charge is 0.330 e. The van der Waals surface area contributed by atoms with E-state index in [9.17, 15) is 0 Å². The van der Waals surface area contributed by atoms with Gasteiger partial charge in [0.1, 0.15) is 5.75 Å². The van der Waals surface area contributed by atoms with Gasteiger partial charge in [-0.05, 0) is 42.5 Å². The lowest BCUT2D eigenvalue weighted by Gasteiger charge is -2.08. The molecule has 1 heterocycles. The van der Waals surface area contributed by atoms with Gasteiger partial charge in [0, 0.05) is 7.05 Å². The van der Waals surface area contributed by atoms with Crippen molar-refractivity contribution in [1.29, 1.82) is 0 Å². The molecular weight excluding hydrogens is 256 g/mol. The Hall–Kier alpha value is -2.37. The highest BCUT2D eigenvalue weighted by atomic mass is 16.5. The van der Waals surface area contributed by atoms with Crippen LogP contribution in [0.25, 0.3) is 0 Å². The van der Waals surface area contributed by atoms with Crippen LogP contribution in [-0.4, -0.2) is 29.1 Å². The lowest BCUT2D eigenvalue weighted by Crippen LogP contribution is -2.03. The fourth-order valence-corrected chi connectivity index (χ4v) is 2.30. The number of fused-ring (bicyclic) bond motifs is 1. The van der Waals surface area contributed by atoms with Crippen molar-refractivity contribution in [2.75, 3.05) is 19.5 Å². The van der Waals surface area contributed by atoms with Crippen molar-refractivity contribution in [3.05, 3.63) is 29.3 Å². The average Bonchev–Trinajstić information content (AvgIpc) is 2.94. The molecule has 0 amide bonds. The molecule has 3 rings (SSSR count). The van der Waals surface area contributed by atoms with Crippen molar-refractivity contribution >= 4 is 5.95 Å². The first kappa shape index (κ1) is 12.7. The van der Waals surface area contributed by atoms with Crippen LogP contribution >= 0.6 is 0 Å². The van der Waals surface area contributed by atoms with Crippen LogP contribution in [-0.2, 0) is 12.8 Å². The van der Waals surface area contributed by atoms with E-state index in [1.807, 2.05) is 6.07 Å². The third kappa shape index (κ3) is 2.49. The highest BCUT2D eigenvalue weighted by Crippen LogP contribution is 2.28. The predicted molar refractivity (Wildman–Crippen MR) is 74.5 cm³/mol. The fraction of sp³-hybridized carbons (Fsp3) is 0.357. The summed E-state index contributed by atoms with van der Waals surface area (Å²) < 4.78 is 10.7. The van der Waals surface area contributed by atoms with Crippen molar-refractivity contribution < 1.29 is 9.47 Å². The maximum absolute atomic E-state index is 5.71. The van der Waals surface area contributed by atoms with E-state index in [-0.39, 0.29) is 12.0 Å². The van der Waals surface area contributed by atoms with E-state index in [2.05, 4.69) is 32.4 Å². The molecule has 20 heavy (non-hydrogen) atoms. The van der Waals surface area contributed by atoms with Gasteiger partial charge in [-0.2, -0.15) is 9.97 Å². The van der Waals surface area contributed by atoms with E-state index in [0.717, 1.165) is 18.6 Å². The van der Waals surface area contributed by atoms with Gasteiger partial charge in [0.25, 0.3) is 0 Å². The molecule has 6 nitrogen and oxygen atoms in total. The van der Waals surface area contributed by atoms with Crippen molar-refractivity contribution in [1.82, 2.24) is 15.0 Å². The molecule has 0 bridgehead atoms. The third-order valence-corrected chi connectivity index (χ3v) is 3.28. The monoisotopic (exact) mass is 272 g/mol. The van der Waals surface area contributed by atoms with Crippen LogP contribution in [0.5, 0.6) is 17.8 Å². The number of hydrogen-bond donors (Lipinski definition) is 1. The van der Waals surface area contributed by atoms with Crippen LogP contribution in [0.4, 0.5) is 5.95 Å². The van der Waals surface area contributed by atoms with Gasteiger partial charge in [-0.25, -0.2) is 0 Å². The minimum atomic E-state index is 0.221. The van der Waals surface area contributed by atoms with E-state index in [1.165, 1.54) is 24.7 Å². The molecule has 0 spiro atoms. The van der Waals surface area contributed by atoms with Crippen LogP contribution in [0.2, 0.25) is 0 Å². The molecule has 0 saturated heterocycles. The molecular formula is C14H16N4O2.